The van der Waals surface area contributed by atoms with Gasteiger partial charge < -0.3 is 10.6 Å². The van der Waals surface area contributed by atoms with E-state index in [1.165, 1.54) is 12.3 Å². The molecule has 2 aromatic rings. The minimum atomic E-state index is -0.346. The van der Waals surface area contributed by atoms with Gasteiger partial charge in [-0.1, -0.05) is 22.0 Å². The molecule has 0 unspecified atom stereocenters. The summed E-state index contributed by atoms with van der Waals surface area (Å²) in [5.74, 6) is -0.510. The molecule has 1 aromatic heterocycles. The molecule has 1 aliphatic rings. The molecule has 0 radical (unpaired) electrons. The van der Waals surface area contributed by atoms with Crippen LogP contribution in [0, 0.1) is 6.92 Å². The number of pyridine rings is 1. The monoisotopic (exact) mass is 373 g/mol. The molecule has 3 rings (SSSR count). The molecule has 1 heterocycles. The second-order valence-electron chi connectivity index (χ2n) is 5.60. The Morgan fingerprint density at radius 2 is 1.96 bits per heavy atom. The second-order valence-corrected chi connectivity index (χ2v) is 6.45. The smallest absolute Gasteiger partial charge is 0.274 e. The van der Waals surface area contributed by atoms with Crippen LogP contribution in [0.4, 0.5) is 5.69 Å². The molecule has 2 amide bonds. The summed E-state index contributed by atoms with van der Waals surface area (Å²) in [5, 5.41) is 5.68. The van der Waals surface area contributed by atoms with Gasteiger partial charge in [0, 0.05) is 28.0 Å². The first-order valence-corrected chi connectivity index (χ1v) is 8.16. The van der Waals surface area contributed by atoms with Crippen LogP contribution in [0.3, 0.4) is 0 Å². The number of amides is 2. The number of carbonyl (C=O) groups excluding carboxylic acids is 2. The third kappa shape index (κ3) is 3.96. The maximum Gasteiger partial charge on any atom is 0.274 e. The highest BCUT2D eigenvalue weighted by molar-refractivity contribution is 9.10. The Balaban J connectivity index is 1.73. The van der Waals surface area contributed by atoms with Gasteiger partial charge in [-0.3, -0.25) is 14.6 Å². The van der Waals surface area contributed by atoms with Gasteiger partial charge in [0.2, 0.25) is 0 Å². The fourth-order valence-electron chi connectivity index (χ4n) is 2.06. The lowest BCUT2D eigenvalue weighted by Gasteiger charge is -2.08. The third-order valence-corrected chi connectivity index (χ3v) is 4.45. The molecule has 0 atom stereocenters. The summed E-state index contributed by atoms with van der Waals surface area (Å²) in [5.41, 5.74) is 2.41. The number of nitrogens with one attached hydrogen (secondary N) is 2. The van der Waals surface area contributed by atoms with Gasteiger partial charge in [-0.25, -0.2) is 0 Å². The van der Waals surface area contributed by atoms with E-state index in [0.717, 1.165) is 22.9 Å². The van der Waals surface area contributed by atoms with Crippen LogP contribution in [0.2, 0.25) is 0 Å². The number of benzene rings is 1. The maximum absolute atomic E-state index is 12.3. The molecule has 0 spiro atoms. The topological polar surface area (TPSA) is 71.1 Å². The number of aryl methyl sites for hydroxylation is 1. The van der Waals surface area contributed by atoms with Crippen molar-refractivity contribution in [3.05, 3.63) is 57.8 Å². The van der Waals surface area contributed by atoms with Crippen molar-refractivity contribution in [3.8, 4) is 0 Å². The van der Waals surface area contributed by atoms with Crippen molar-refractivity contribution in [2.75, 3.05) is 5.32 Å². The summed E-state index contributed by atoms with van der Waals surface area (Å²) >= 11 is 3.43. The molecule has 1 saturated carbocycles. The van der Waals surface area contributed by atoms with Gasteiger partial charge in [-0.15, -0.1) is 0 Å². The molecular weight excluding hydrogens is 358 g/mol. The molecule has 1 fully saturated rings. The number of nitrogens with zero attached hydrogens (tertiary/aromatic N) is 1. The van der Waals surface area contributed by atoms with Crippen LogP contribution in [0.15, 0.2) is 41.0 Å². The molecule has 23 heavy (non-hydrogen) atoms. The molecule has 1 aromatic carbocycles. The molecule has 0 saturated heterocycles. The molecule has 6 heteroatoms. The molecular formula is C17H16BrN3O2. The average molecular weight is 374 g/mol. The van der Waals surface area contributed by atoms with Crippen LogP contribution in [-0.2, 0) is 0 Å². The highest BCUT2D eigenvalue weighted by Gasteiger charge is 2.24. The third-order valence-electron chi connectivity index (χ3n) is 3.60. The van der Waals surface area contributed by atoms with Crippen molar-refractivity contribution >= 4 is 33.4 Å². The minimum absolute atomic E-state index is 0.165. The van der Waals surface area contributed by atoms with Gasteiger partial charge in [-0.05, 0) is 49.6 Å². The lowest BCUT2D eigenvalue weighted by Crippen LogP contribution is -2.26. The van der Waals surface area contributed by atoms with Crippen molar-refractivity contribution in [1.82, 2.24) is 10.3 Å². The molecule has 2 N–H and O–H groups in total. The number of hydrogen-bond acceptors (Lipinski definition) is 3. The van der Waals surface area contributed by atoms with E-state index in [1.807, 2.05) is 25.1 Å². The van der Waals surface area contributed by atoms with E-state index in [-0.39, 0.29) is 23.6 Å². The zero-order valence-corrected chi connectivity index (χ0v) is 14.2. The van der Waals surface area contributed by atoms with Gasteiger partial charge in [0.25, 0.3) is 11.8 Å². The number of anilines is 1. The number of halogens is 1. The lowest BCUT2D eigenvalue weighted by atomic mass is 10.2. The fourth-order valence-corrected chi connectivity index (χ4v) is 2.44. The van der Waals surface area contributed by atoms with Crippen LogP contribution in [0.1, 0.15) is 39.3 Å². The molecule has 0 aliphatic heterocycles. The summed E-state index contributed by atoms with van der Waals surface area (Å²) in [6.45, 7) is 1.97. The quantitative estimate of drug-likeness (QED) is 0.863. The Bertz CT molecular complexity index is 772. The summed E-state index contributed by atoms with van der Waals surface area (Å²) in [6, 6.07) is 8.95. The van der Waals surface area contributed by atoms with Crippen LogP contribution in [-0.4, -0.2) is 22.8 Å². The highest BCUT2D eigenvalue weighted by atomic mass is 79.9. The number of rotatable bonds is 4. The van der Waals surface area contributed by atoms with Crippen molar-refractivity contribution in [2.45, 2.75) is 25.8 Å². The zero-order valence-electron chi connectivity index (χ0n) is 12.6. The predicted octanol–water partition coefficient (Wildman–Crippen LogP) is 3.30. The Hall–Kier alpha value is -2.21. The van der Waals surface area contributed by atoms with E-state index in [4.69, 9.17) is 0 Å². The van der Waals surface area contributed by atoms with Crippen molar-refractivity contribution in [2.24, 2.45) is 0 Å². The molecule has 118 valence electrons. The van der Waals surface area contributed by atoms with Crippen molar-refractivity contribution in [1.29, 1.82) is 0 Å². The molecule has 1 aliphatic carbocycles. The first-order valence-electron chi connectivity index (χ1n) is 7.37. The van der Waals surface area contributed by atoms with Crippen LogP contribution >= 0.6 is 15.9 Å². The molecule has 5 nitrogen and oxygen atoms in total. The van der Waals surface area contributed by atoms with E-state index in [0.29, 0.717) is 11.3 Å². The van der Waals surface area contributed by atoms with Gasteiger partial charge >= 0.3 is 0 Å². The van der Waals surface area contributed by atoms with Crippen molar-refractivity contribution < 1.29 is 9.59 Å². The van der Waals surface area contributed by atoms with E-state index < -0.39 is 0 Å². The van der Waals surface area contributed by atoms with Crippen LogP contribution in [0.5, 0.6) is 0 Å². The number of aromatic nitrogens is 1. The normalized spacial score (nSPS) is 13.5. The maximum atomic E-state index is 12.3. The Labute approximate surface area is 142 Å². The summed E-state index contributed by atoms with van der Waals surface area (Å²) in [6.07, 6.45) is 3.51. The number of hydrogen-bond donors (Lipinski definition) is 2. The first-order chi connectivity index (χ1) is 11.0. The van der Waals surface area contributed by atoms with E-state index in [9.17, 15) is 9.59 Å². The summed E-state index contributed by atoms with van der Waals surface area (Å²) < 4.78 is 0.917. The standard InChI is InChI=1S/C17H16BrN3O2/c1-10-2-3-13(9-14(10)18)21-17(23)15-8-11(6-7-19-15)16(22)20-12-4-5-12/h2-3,6-9,12H,4-5H2,1H3,(H,20,22)(H,21,23). The summed E-state index contributed by atoms with van der Waals surface area (Å²) in [4.78, 5) is 28.4. The molecule has 0 bridgehead atoms. The van der Waals surface area contributed by atoms with E-state index in [1.54, 1.807) is 6.07 Å². The predicted molar refractivity (Wildman–Crippen MR) is 91.6 cm³/mol. The largest absolute Gasteiger partial charge is 0.349 e. The van der Waals surface area contributed by atoms with Gasteiger partial charge in [-0.2, -0.15) is 0 Å². The second kappa shape index (κ2) is 6.50. The highest BCUT2D eigenvalue weighted by Crippen LogP contribution is 2.21. The number of carbonyl (C=O) groups is 2. The van der Waals surface area contributed by atoms with Crippen LogP contribution < -0.4 is 10.6 Å². The fraction of sp³-hybridized carbons (Fsp3) is 0.235. The Kier molecular flexibility index (Phi) is 4.43. The van der Waals surface area contributed by atoms with Crippen LogP contribution in [0.25, 0.3) is 0 Å². The van der Waals surface area contributed by atoms with E-state index in [2.05, 4.69) is 31.5 Å². The lowest BCUT2D eigenvalue weighted by molar-refractivity contribution is 0.0951. The minimum Gasteiger partial charge on any atom is -0.349 e. The van der Waals surface area contributed by atoms with Crippen molar-refractivity contribution in [3.63, 3.8) is 0 Å². The first kappa shape index (κ1) is 15.7. The van der Waals surface area contributed by atoms with Gasteiger partial charge in [0.1, 0.15) is 5.69 Å². The summed E-state index contributed by atoms with van der Waals surface area (Å²) in [7, 11) is 0. The SMILES string of the molecule is Cc1ccc(NC(=O)c2cc(C(=O)NC3CC3)ccn2)cc1Br. The zero-order chi connectivity index (χ0) is 16.4. The Morgan fingerprint density at radius 3 is 2.65 bits per heavy atom. The average Bonchev–Trinajstić information content (AvgIpc) is 3.35. The van der Waals surface area contributed by atoms with Gasteiger partial charge in [0.15, 0.2) is 0 Å². The van der Waals surface area contributed by atoms with Gasteiger partial charge in [0.05, 0.1) is 0 Å². The van der Waals surface area contributed by atoms with E-state index >= 15 is 0 Å². The Morgan fingerprint density at radius 1 is 1.17 bits per heavy atom.